The first-order valence-corrected chi connectivity index (χ1v) is 6.55. The number of ether oxygens (including phenoxy) is 1. The van der Waals surface area contributed by atoms with Gasteiger partial charge in [-0.05, 0) is 36.4 Å². The molecule has 2 aromatic carbocycles. The molecular weight excluding hydrogens is 334 g/mol. The van der Waals surface area contributed by atoms with Crippen molar-refractivity contribution in [3.63, 3.8) is 0 Å². The largest absolute Gasteiger partial charge is 0.435 e. The number of benzene rings is 2. The number of hydrogen-bond donors (Lipinski definition) is 1. The molecule has 0 saturated heterocycles. The lowest BCUT2D eigenvalue weighted by Gasteiger charge is -2.08. The van der Waals surface area contributed by atoms with Crippen LogP contribution in [0.3, 0.4) is 0 Å². The third-order valence-corrected chi connectivity index (χ3v) is 2.97. The Hall–Kier alpha value is -2.74. The molecule has 23 heavy (non-hydrogen) atoms. The van der Waals surface area contributed by atoms with Gasteiger partial charge in [0.1, 0.15) is 11.3 Å². The Labute approximate surface area is 133 Å². The van der Waals surface area contributed by atoms with Crippen LogP contribution in [0.1, 0.15) is 10.4 Å². The van der Waals surface area contributed by atoms with E-state index in [-0.39, 0.29) is 22.0 Å². The lowest BCUT2D eigenvalue weighted by Crippen LogP contribution is -2.14. The minimum atomic E-state index is -2.95. The van der Waals surface area contributed by atoms with Crippen LogP contribution in [0.2, 0.25) is 5.02 Å². The number of carbonyl (C=O) groups excluding carboxylic acids is 1. The molecule has 0 atom stereocenters. The molecule has 120 valence electrons. The lowest BCUT2D eigenvalue weighted by atomic mass is 10.1. The van der Waals surface area contributed by atoms with Gasteiger partial charge >= 0.3 is 6.61 Å². The minimum absolute atomic E-state index is 0.0736. The second-order valence-corrected chi connectivity index (χ2v) is 4.71. The van der Waals surface area contributed by atoms with E-state index in [9.17, 15) is 23.7 Å². The van der Waals surface area contributed by atoms with Gasteiger partial charge in [-0.25, -0.2) is 0 Å². The normalized spacial score (nSPS) is 10.4. The molecule has 0 aliphatic rings. The van der Waals surface area contributed by atoms with E-state index in [1.54, 1.807) is 0 Å². The molecule has 0 aliphatic heterocycles. The van der Waals surface area contributed by atoms with Crippen molar-refractivity contribution in [1.29, 1.82) is 0 Å². The Morgan fingerprint density at radius 1 is 1.22 bits per heavy atom. The Kier molecular flexibility index (Phi) is 5.07. The minimum Gasteiger partial charge on any atom is -0.435 e. The number of hydrogen-bond acceptors (Lipinski definition) is 4. The summed E-state index contributed by atoms with van der Waals surface area (Å²) in [6.45, 7) is -2.95. The fourth-order valence-electron chi connectivity index (χ4n) is 1.77. The number of nitro groups is 1. The number of nitrogens with one attached hydrogen (secondary N) is 1. The van der Waals surface area contributed by atoms with Gasteiger partial charge in [0.15, 0.2) is 0 Å². The Morgan fingerprint density at radius 2 is 1.87 bits per heavy atom. The highest BCUT2D eigenvalue weighted by molar-refractivity contribution is 6.31. The van der Waals surface area contributed by atoms with Crippen LogP contribution in [-0.2, 0) is 0 Å². The van der Waals surface area contributed by atoms with Crippen LogP contribution in [0.25, 0.3) is 0 Å². The zero-order valence-corrected chi connectivity index (χ0v) is 12.1. The molecule has 0 saturated carbocycles. The van der Waals surface area contributed by atoms with Crippen molar-refractivity contribution < 1.29 is 23.2 Å². The highest BCUT2D eigenvalue weighted by Crippen LogP contribution is 2.25. The number of nitrogens with zero attached hydrogens (tertiary/aromatic N) is 1. The van der Waals surface area contributed by atoms with Gasteiger partial charge < -0.3 is 10.1 Å². The standard InChI is InChI=1S/C14H9ClF2N2O4/c15-8-1-6-11(12(7-8)19(21)22)13(20)18-9-2-4-10(5-3-9)23-14(16)17/h1-7,14H,(H,18,20). The number of amides is 1. The van der Waals surface area contributed by atoms with E-state index in [1.807, 2.05) is 0 Å². The summed E-state index contributed by atoms with van der Waals surface area (Å²) in [6.07, 6.45) is 0. The van der Waals surface area contributed by atoms with E-state index < -0.39 is 23.1 Å². The monoisotopic (exact) mass is 342 g/mol. The number of anilines is 1. The van der Waals surface area contributed by atoms with Gasteiger partial charge in [0.2, 0.25) is 0 Å². The van der Waals surface area contributed by atoms with E-state index in [2.05, 4.69) is 10.1 Å². The van der Waals surface area contributed by atoms with Gasteiger partial charge in [-0.2, -0.15) is 8.78 Å². The van der Waals surface area contributed by atoms with Gasteiger partial charge in [-0.15, -0.1) is 0 Å². The summed E-state index contributed by atoms with van der Waals surface area (Å²) in [5, 5.41) is 13.5. The third-order valence-electron chi connectivity index (χ3n) is 2.74. The van der Waals surface area contributed by atoms with Crippen LogP contribution in [0, 0.1) is 10.1 Å². The van der Waals surface area contributed by atoms with Crippen LogP contribution in [-0.4, -0.2) is 17.4 Å². The molecule has 0 aromatic heterocycles. The zero-order valence-electron chi connectivity index (χ0n) is 11.3. The highest BCUT2D eigenvalue weighted by Gasteiger charge is 2.20. The maximum Gasteiger partial charge on any atom is 0.387 e. The van der Waals surface area contributed by atoms with Crippen molar-refractivity contribution >= 4 is 28.9 Å². The first-order chi connectivity index (χ1) is 10.9. The molecule has 0 bridgehead atoms. The highest BCUT2D eigenvalue weighted by atomic mass is 35.5. The molecule has 2 aromatic rings. The third kappa shape index (κ3) is 4.36. The maximum absolute atomic E-state index is 12.1. The SMILES string of the molecule is O=C(Nc1ccc(OC(F)F)cc1)c1ccc(Cl)cc1[N+](=O)[O-]. The molecule has 0 unspecified atom stereocenters. The van der Waals surface area contributed by atoms with E-state index >= 15 is 0 Å². The summed E-state index contributed by atoms with van der Waals surface area (Å²) in [4.78, 5) is 22.3. The summed E-state index contributed by atoms with van der Waals surface area (Å²) in [5.74, 6) is -0.800. The van der Waals surface area contributed by atoms with Crippen LogP contribution in [0.5, 0.6) is 5.75 Å². The topological polar surface area (TPSA) is 81.5 Å². The maximum atomic E-state index is 12.1. The molecule has 0 aliphatic carbocycles. The summed E-state index contributed by atoms with van der Waals surface area (Å²) in [5.41, 5.74) is -0.346. The second-order valence-electron chi connectivity index (χ2n) is 4.28. The molecule has 9 heteroatoms. The molecule has 0 fully saturated rings. The Morgan fingerprint density at radius 3 is 2.43 bits per heavy atom. The number of halogens is 3. The van der Waals surface area contributed by atoms with E-state index in [0.717, 1.165) is 6.07 Å². The lowest BCUT2D eigenvalue weighted by molar-refractivity contribution is -0.385. The molecule has 0 spiro atoms. The van der Waals surface area contributed by atoms with Gasteiger partial charge in [0, 0.05) is 16.8 Å². The average molecular weight is 343 g/mol. The first-order valence-electron chi connectivity index (χ1n) is 6.17. The second kappa shape index (κ2) is 7.01. The number of carbonyl (C=O) groups is 1. The van der Waals surface area contributed by atoms with Gasteiger partial charge in [-0.1, -0.05) is 11.6 Å². The van der Waals surface area contributed by atoms with Crippen molar-refractivity contribution in [3.8, 4) is 5.75 Å². The van der Waals surface area contributed by atoms with Gasteiger partial charge in [-0.3, -0.25) is 14.9 Å². The first kappa shape index (κ1) is 16.6. The molecule has 1 amide bonds. The fourth-order valence-corrected chi connectivity index (χ4v) is 1.93. The summed E-state index contributed by atoms with van der Waals surface area (Å²) in [6, 6.07) is 8.77. The summed E-state index contributed by atoms with van der Waals surface area (Å²) in [7, 11) is 0. The van der Waals surface area contributed by atoms with E-state index in [4.69, 9.17) is 11.6 Å². The Balaban J connectivity index is 2.18. The molecule has 0 radical (unpaired) electrons. The van der Waals surface area contributed by atoms with Crippen molar-refractivity contribution in [3.05, 3.63) is 63.2 Å². The quantitative estimate of drug-likeness (QED) is 0.655. The average Bonchev–Trinajstić information content (AvgIpc) is 2.48. The van der Waals surface area contributed by atoms with Crippen molar-refractivity contribution in [2.45, 2.75) is 6.61 Å². The van der Waals surface area contributed by atoms with Gasteiger partial charge in [0.05, 0.1) is 4.92 Å². The summed E-state index contributed by atoms with van der Waals surface area (Å²) < 4.78 is 28.2. The van der Waals surface area contributed by atoms with Crippen LogP contribution < -0.4 is 10.1 Å². The molecule has 0 heterocycles. The van der Waals surface area contributed by atoms with Gasteiger partial charge in [0.25, 0.3) is 11.6 Å². The zero-order chi connectivity index (χ0) is 17.0. The molecule has 2 rings (SSSR count). The number of nitro benzene ring substituents is 1. The van der Waals surface area contributed by atoms with E-state index in [1.165, 1.54) is 36.4 Å². The Bertz CT molecular complexity index is 738. The van der Waals surface area contributed by atoms with Crippen molar-refractivity contribution in [2.75, 3.05) is 5.32 Å². The fraction of sp³-hybridized carbons (Fsp3) is 0.0714. The van der Waals surface area contributed by atoms with Crippen molar-refractivity contribution in [2.24, 2.45) is 0 Å². The van der Waals surface area contributed by atoms with E-state index in [0.29, 0.717) is 0 Å². The number of rotatable bonds is 5. The van der Waals surface area contributed by atoms with Crippen LogP contribution >= 0.6 is 11.6 Å². The summed E-state index contributed by atoms with van der Waals surface area (Å²) >= 11 is 5.67. The van der Waals surface area contributed by atoms with Crippen LogP contribution in [0.4, 0.5) is 20.2 Å². The predicted molar refractivity (Wildman–Crippen MR) is 79.1 cm³/mol. The molecule has 6 nitrogen and oxygen atoms in total. The van der Waals surface area contributed by atoms with Crippen LogP contribution in [0.15, 0.2) is 42.5 Å². The number of alkyl halides is 2. The smallest absolute Gasteiger partial charge is 0.387 e. The molecular formula is C14H9ClF2N2O4. The predicted octanol–water partition coefficient (Wildman–Crippen LogP) is 4.10. The van der Waals surface area contributed by atoms with Crippen molar-refractivity contribution in [1.82, 2.24) is 0 Å². The molecule has 1 N–H and O–H groups in total.